The summed E-state index contributed by atoms with van der Waals surface area (Å²) in [5, 5.41) is 30.8. The molecule has 0 amide bonds. The van der Waals surface area contributed by atoms with Gasteiger partial charge in [0.15, 0.2) is 0 Å². The number of ether oxygens (including phenoxy) is 1. The zero-order chi connectivity index (χ0) is 19.3. The monoisotopic (exact) mass is 356 g/mol. The molecule has 1 saturated heterocycles. The molecule has 3 fully saturated rings. The minimum absolute atomic E-state index is 0.00368. The van der Waals surface area contributed by atoms with Crippen LogP contribution in [-0.2, 0) is 4.74 Å². The van der Waals surface area contributed by atoms with Gasteiger partial charge in [-0.15, -0.1) is 0 Å². The molecule has 1 N–H and O–H groups in total. The van der Waals surface area contributed by atoms with Crippen LogP contribution in [0.25, 0.3) is 0 Å². The molecule has 3 rings (SSSR count). The van der Waals surface area contributed by atoms with Crippen LogP contribution in [0.15, 0.2) is 12.2 Å². The molecule has 0 aromatic rings. The van der Waals surface area contributed by atoms with Gasteiger partial charge in [-0.1, -0.05) is 12.2 Å². The molecule has 0 radical (unpaired) electrons. The molecule has 142 valence electrons. The summed E-state index contributed by atoms with van der Waals surface area (Å²) in [6.45, 7) is 12.1. The molecule has 0 unspecified atom stereocenters. The lowest BCUT2D eigenvalue weighted by Gasteiger charge is -2.57. The van der Waals surface area contributed by atoms with Crippen LogP contribution in [0.3, 0.4) is 0 Å². The van der Waals surface area contributed by atoms with Crippen LogP contribution in [0.2, 0.25) is 0 Å². The first-order valence-electron chi connectivity index (χ1n) is 9.94. The molecule has 2 saturated carbocycles. The Morgan fingerprint density at radius 2 is 1.73 bits per heavy atom. The second-order valence-corrected chi connectivity index (χ2v) is 9.67. The molecular weight excluding hydrogens is 324 g/mol. The van der Waals surface area contributed by atoms with Gasteiger partial charge in [-0.05, 0) is 84.0 Å². The van der Waals surface area contributed by atoms with Crippen molar-refractivity contribution >= 4 is 0 Å². The van der Waals surface area contributed by atoms with Gasteiger partial charge in [0.05, 0.1) is 40.8 Å². The third-order valence-electron chi connectivity index (χ3n) is 7.78. The first-order valence-corrected chi connectivity index (χ1v) is 9.94. The minimum atomic E-state index is -0.995. The second-order valence-electron chi connectivity index (χ2n) is 9.67. The molecule has 1 heterocycles. The van der Waals surface area contributed by atoms with E-state index in [1.54, 1.807) is 6.92 Å². The Kier molecular flexibility index (Phi) is 4.75. The van der Waals surface area contributed by atoms with Crippen molar-refractivity contribution in [3.05, 3.63) is 12.2 Å². The second kappa shape index (κ2) is 6.36. The Balaban J connectivity index is 2.00. The maximum absolute atomic E-state index is 10.9. The summed E-state index contributed by atoms with van der Waals surface area (Å²) in [5.41, 5.74) is -0.679. The first-order chi connectivity index (χ1) is 12.1. The maximum Gasteiger partial charge on any atom is 0.0788 e. The number of aliphatic hydroxyl groups is 1. The number of rotatable bonds is 2. The van der Waals surface area contributed by atoms with E-state index in [4.69, 9.17) is 4.74 Å². The van der Waals surface area contributed by atoms with Crippen molar-refractivity contribution < 1.29 is 9.84 Å². The first kappa shape index (κ1) is 19.4. The van der Waals surface area contributed by atoms with Gasteiger partial charge in [0.1, 0.15) is 0 Å². The number of nitriles is 2. The van der Waals surface area contributed by atoms with Crippen LogP contribution in [-0.4, -0.2) is 22.4 Å². The smallest absolute Gasteiger partial charge is 0.0788 e. The molecule has 0 bridgehead atoms. The highest BCUT2D eigenvalue weighted by atomic mass is 16.5. The Bertz CT molecular complexity index is 673. The van der Waals surface area contributed by atoms with Crippen molar-refractivity contribution in [1.29, 1.82) is 10.5 Å². The lowest BCUT2D eigenvalue weighted by Crippen LogP contribution is -2.58. The number of hydrogen-bond donors (Lipinski definition) is 1. The van der Waals surface area contributed by atoms with Gasteiger partial charge in [-0.3, -0.25) is 0 Å². The summed E-state index contributed by atoms with van der Waals surface area (Å²) in [5.74, 6) is -0.130. The van der Waals surface area contributed by atoms with E-state index in [2.05, 4.69) is 25.6 Å². The summed E-state index contributed by atoms with van der Waals surface area (Å²) >= 11 is 0. The Labute approximate surface area is 157 Å². The number of nitrogens with zero attached hydrogens (tertiary/aromatic N) is 2. The Morgan fingerprint density at radius 3 is 2.27 bits per heavy atom. The van der Waals surface area contributed by atoms with Gasteiger partial charge >= 0.3 is 0 Å². The van der Waals surface area contributed by atoms with Gasteiger partial charge in [-0.25, -0.2) is 0 Å². The van der Waals surface area contributed by atoms with Crippen LogP contribution in [0.1, 0.15) is 66.2 Å². The van der Waals surface area contributed by atoms with E-state index in [9.17, 15) is 15.6 Å². The van der Waals surface area contributed by atoms with Gasteiger partial charge in [-0.2, -0.15) is 10.5 Å². The molecule has 3 aliphatic rings. The van der Waals surface area contributed by atoms with E-state index in [1.807, 2.05) is 13.8 Å². The highest BCUT2D eigenvalue weighted by Gasteiger charge is 2.60. The van der Waals surface area contributed by atoms with E-state index in [0.717, 1.165) is 37.7 Å². The van der Waals surface area contributed by atoms with Gasteiger partial charge < -0.3 is 9.84 Å². The van der Waals surface area contributed by atoms with E-state index in [1.165, 1.54) is 0 Å². The van der Waals surface area contributed by atoms with Crippen molar-refractivity contribution in [3.63, 3.8) is 0 Å². The zero-order valence-corrected chi connectivity index (χ0v) is 16.6. The highest BCUT2D eigenvalue weighted by Crippen LogP contribution is 2.60. The lowest BCUT2D eigenvalue weighted by molar-refractivity contribution is -0.162. The van der Waals surface area contributed by atoms with Crippen molar-refractivity contribution in [2.75, 3.05) is 0 Å². The average Bonchev–Trinajstić information content (AvgIpc) is 2.98. The van der Waals surface area contributed by atoms with Crippen molar-refractivity contribution in [2.45, 2.75) is 83.5 Å². The van der Waals surface area contributed by atoms with E-state index < -0.39 is 16.9 Å². The summed E-state index contributed by atoms with van der Waals surface area (Å²) in [7, 11) is 0. The van der Waals surface area contributed by atoms with Crippen molar-refractivity contribution in [2.24, 2.45) is 29.1 Å². The van der Waals surface area contributed by atoms with E-state index >= 15 is 0 Å². The van der Waals surface area contributed by atoms with Crippen molar-refractivity contribution in [3.8, 4) is 12.1 Å². The summed E-state index contributed by atoms with van der Waals surface area (Å²) in [4.78, 5) is 0. The van der Waals surface area contributed by atoms with Crippen LogP contribution in [0.5, 0.6) is 0 Å². The molecule has 0 aromatic heterocycles. The highest BCUT2D eigenvalue weighted by molar-refractivity contribution is 5.18. The molecular formula is C22H32N2O2. The Hall–Kier alpha value is -1.36. The topological polar surface area (TPSA) is 77.0 Å². The molecule has 0 aromatic carbocycles. The molecule has 0 spiro atoms. The molecule has 8 atom stereocenters. The van der Waals surface area contributed by atoms with Gasteiger partial charge in [0, 0.05) is 0 Å². The van der Waals surface area contributed by atoms with E-state index in [0.29, 0.717) is 6.42 Å². The van der Waals surface area contributed by atoms with Crippen molar-refractivity contribution in [1.82, 2.24) is 0 Å². The standard InChI is InChI=1S/C22H32N2O2/c1-14(2)18-8-11-22(5,26-18)16-6-9-20(3,13-24)15-7-10-21(4,25)17(12-23)19(15)16/h15-19,25H,1,6-11H2,2-5H3/t15-,16-,17+,18-,19-,20+,21+,22+/m0/s1. The lowest BCUT2D eigenvalue weighted by atomic mass is 9.48. The zero-order valence-electron chi connectivity index (χ0n) is 16.6. The normalized spacial score (nSPS) is 51.1. The molecule has 4 nitrogen and oxygen atoms in total. The fraction of sp³-hybridized carbons (Fsp3) is 0.818. The molecule has 1 aliphatic heterocycles. The fourth-order valence-electron chi connectivity index (χ4n) is 6.09. The summed E-state index contributed by atoms with van der Waals surface area (Å²) in [6.07, 6.45) is 5.08. The van der Waals surface area contributed by atoms with Crippen LogP contribution >= 0.6 is 0 Å². The predicted octanol–water partition coefficient (Wildman–Crippen LogP) is 4.36. The van der Waals surface area contributed by atoms with Gasteiger partial charge in [0.25, 0.3) is 0 Å². The summed E-state index contributed by atoms with van der Waals surface area (Å²) in [6, 6.07) is 4.98. The predicted molar refractivity (Wildman–Crippen MR) is 99.7 cm³/mol. The molecule has 2 aliphatic carbocycles. The third-order valence-corrected chi connectivity index (χ3v) is 7.78. The van der Waals surface area contributed by atoms with E-state index in [-0.39, 0.29) is 29.5 Å². The SMILES string of the molecule is C=C(C)[C@@H]1CC[C@](C)([C@H]2CC[C@](C)(C#N)[C@H]3CC[C@@](C)(O)[C@H](C#N)[C@@H]32)O1. The third kappa shape index (κ3) is 2.88. The average molecular weight is 357 g/mol. The number of hydrogen-bond acceptors (Lipinski definition) is 4. The summed E-state index contributed by atoms with van der Waals surface area (Å²) < 4.78 is 6.49. The van der Waals surface area contributed by atoms with Crippen LogP contribution in [0, 0.1) is 51.7 Å². The largest absolute Gasteiger partial charge is 0.389 e. The Morgan fingerprint density at radius 1 is 1.08 bits per heavy atom. The fourth-order valence-corrected chi connectivity index (χ4v) is 6.09. The number of fused-ring (bicyclic) bond motifs is 1. The molecule has 4 heteroatoms. The minimum Gasteiger partial charge on any atom is -0.389 e. The van der Waals surface area contributed by atoms with Crippen LogP contribution < -0.4 is 0 Å². The maximum atomic E-state index is 10.9. The molecule has 26 heavy (non-hydrogen) atoms. The van der Waals surface area contributed by atoms with Gasteiger partial charge in [0.2, 0.25) is 0 Å². The van der Waals surface area contributed by atoms with Crippen LogP contribution in [0.4, 0.5) is 0 Å². The quantitative estimate of drug-likeness (QED) is 0.746.